The van der Waals surface area contributed by atoms with Gasteiger partial charge in [-0.25, -0.2) is 0 Å². The molecule has 0 aliphatic heterocycles. The number of hydrogen-bond acceptors (Lipinski definition) is 3. The molecule has 0 saturated heterocycles. The zero-order valence-corrected chi connectivity index (χ0v) is 10.2. The van der Waals surface area contributed by atoms with E-state index in [2.05, 4.69) is 4.37 Å². The average molecular weight is 231 g/mol. The van der Waals surface area contributed by atoms with Crippen molar-refractivity contribution in [2.24, 2.45) is 0 Å². The van der Waals surface area contributed by atoms with Crippen LogP contribution in [-0.2, 0) is 6.42 Å². The maximum absolute atomic E-state index is 12.1. The first-order valence-electron chi connectivity index (χ1n) is 5.18. The highest BCUT2D eigenvalue weighted by atomic mass is 32.1. The van der Waals surface area contributed by atoms with Crippen molar-refractivity contribution in [1.29, 1.82) is 0 Å². The molecule has 0 N–H and O–H groups in total. The third kappa shape index (κ3) is 2.19. The van der Waals surface area contributed by atoms with Gasteiger partial charge in [0.2, 0.25) is 0 Å². The lowest BCUT2D eigenvalue weighted by atomic mass is 10.0. The molecule has 1 aromatic heterocycles. The van der Waals surface area contributed by atoms with E-state index in [1.807, 2.05) is 44.2 Å². The van der Waals surface area contributed by atoms with Gasteiger partial charge in [-0.2, -0.15) is 4.37 Å². The molecule has 1 heterocycles. The number of benzene rings is 1. The van der Waals surface area contributed by atoms with E-state index in [4.69, 9.17) is 0 Å². The summed E-state index contributed by atoms with van der Waals surface area (Å²) < 4.78 is 4.20. The molecule has 1 aromatic carbocycles. The van der Waals surface area contributed by atoms with Crippen LogP contribution in [0.25, 0.3) is 0 Å². The molecule has 0 radical (unpaired) electrons. The second-order valence-corrected chi connectivity index (χ2v) is 4.76. The van der Waals surface area contributed by atoms with Crippen molar-refractivity contribution < 1.29 is 4.79 Å². The van der Waals surface area contributed by atoms with Crippen LogP contribution >= 0.6 is 11.5 Å². The predicted molar refractivity (Wildman–Crippen MR) is 66.1 cm³/mol. The fourth-order valence-corrected chi connectivity index (χ4v) is 2.47. The van der Waals surface area contributed by atoms with E-state index >= 15 is 0 Å². The van der Waals surface area contributed by atoms with E-state index in [9.17, 15) is 4.79 Å². The summed E-state index contributed by atoms with van der Waals surface area (Å²) in [5, 5.41) is 0. The Bertz CT molecular complexity index is 482. The number of Topliss-reactive ketones (excluding diaryl/α,β-unsaturated/α-hetero) is 1. The van der Waals surface area contributed by atoms with Crippen molar-refractivity contribution >= 4 is 17.3 Å². The van der Waals surface area contributed by atoms with E-state index in [0.717, 1.165) is 21.7 Å². The standard InChI is InChI=1S/C13H13NOS/c1-9-13(10(2)16-14-9)12(15)8-11-6-4-3-5-7-11/h3-7H,8H2,1-2H3. The van der Waals surface area contributed by atoms with Gasteiger partial charge in [-0.05, 0) is 30.9 Å². The van der Waals surface area contributed by atoms with Crippen LogP contribution in [-0.4, -0.2) is 10.2 Å². The Balaban J connectivity index is 2.22. The van der Waals surface area contributed by atoms with Crippen LogP contribution in [0.3, 0.4) is 0 Å². The van der Waals surface area contributed by atoms with Gasteiger partial charge in [0, 0.05) is 11.3 Å². The Kier molecular flexibility index (Phi) is 3.15. The first-order valence-corrected chi connectivity index (χ1v) is 5.96. The Morgan fingerprint density at radius 1 is 1.25 bits per heavy atom. The van der Waals surface area contributed by atoms with Crippen molar-refractivity contribution in [2.45, 2.75) is 20.3 Å². The second kappa shape index (κ2) is 4.58. The highest BCUT2D eigenvalue weighted by Crippen LogP contribution is 2.19. The summed E-state index contributed by atoms with van der Waals surface area (Å²) in [5.41, 5.74) is 2.70. The Morgan fingerprint density at radius 3 is 2.50 bits per heavy atom. The van der Waals surface area contributed by atoms with Crippen molar-refractivity contribution in [3.8, 4) is 0 Å². The largest absolute Gasteiger partial charge is 0.294 e. The zero-order valence-electron chi connectivity index (χ0n) is 9.36. The molecule has 2 aromatic rings. The van der Waals surface area contributed by atoms with Gasteiger partial charge >= 0.3 is 0 Å². The number of nitrogens with zero attached hydrogens (tertiary/aromatic N) is 1. The SMILES string of the molecule is Cc1nsc(C)c1C(=O)Cc1ccccc1. The molecule has 0 unspecified atom stereocenters. The van der Waals surface area contributed by atoms with Crippen LogP contribution in [0.4, 0.5) is 0 Å². The number of rotatable bonds is 3. The third-order valence-electron chi connectivity index (χ3n) is 2.52. The van der Waals surface area contributed by atoms with Gasteiger partial charge in [0.05, 0.1) is 11.3 Å². The van der Waals surface area contributed by atoms with Gasteiger partial charge in [-0.1, -0.05) is 30.3 Å². The van der Waals surface area contributed by atoms with Crippen LogP contribution in [0.15, 0.2) is 30.3 Å². The summed E-state index contributed by atoms with van der Waals surface area (Å²) in [6, 6.07) is 9.81. The highest BCUT2D eigenvalue weighted by Gasteiger charge is 2.15. The van der Waals surface area contributed by atoms with E-state index in [1.165, 1.54) is 11.5 Å². The molecule has 0 aliphatic rings. The summed E-state index contributed by atoms with van der Waals surface area (Å²) in [5.74, 6) is 0.162. The third-order valence-corrected chi connectivity index (χ3v) is 3.36. The molecule has 2 nitrogen and oxygen atoms in total. The lowest BCUT2D eigenvalue weighted by Crippen LogP contribution is -2.05. The number of aromatic nitrogens is 1. The fourth-order valence-electron chi connectivity index (χ4n) is 1.75. The van der Waals surface area contributed by atoms with Gasteiger partial charge in [0.1, 0.15) is 0 Å². The van der Waals surface area contributed by atoms with Crippen molar-refractivity contribution in [2.75, 3.05) is 0 Å². The number of carbonyl (C=O) groups excluding carboxylic acids is 1. The molecule has 0 amide bonds. The number of carbonyl (C=O) groups is 1. The smallest absolute Gasteiger partial charge is 0.170 e. The summed E-state index contributed by atoms with van der Waals surface area (Å²) >= 11 is 1.40. The van der Waals surface area contributed by atoms with Gasteiger partial charge in [-0.15, -0.1) is 0 Å². The topological polar surface area (TPSA) is 30.0 Å². The Hall–Kier alpha value is -1.48. The molecular weight excluding hydrogens is 218 g/mol. The molecule has 0 aliphatic carbocycles. The van der Waals surface area contributed by atoms with Crippen molar-refractivity contribution in [1.82, 2.24) is 4.37 Å². The van der Waals surface area contributed by atoms with Crippen molar-refractivity contribution in [3.05, 3.63) is 52.0 Å². The number of aryl methyl sites for hydroxylation is 2. The second-order valence-electron chi connectivity index (χ2n) is 3.78. The normalized spacial score (nSPS) is 10.4. The van der Waals surface area contributed by atoms with E-state index in [1.54, 1.807) is 0 Å². The highest BCUT2D eigenvalue weighted by molar-refractivity contribution is 7.06. The van der Waals surface area contributed by atoms with Gasteiger partial charge in [0.25, 0.3) is 0 Å². The zero-order chi connectivity index (χ0) is 11.5. The Morgan fingerprint density at radius 2 is 1.94 bits per heavy atom. The number of ketones is 1. The molecule has 2 rings (SSSR count). The first kappa shape index (κ1) is 11.0. The quantitative estimate of drug-likeness (QED) is 0.759. The molecule has 16 heavy (non-hydrogen) atoms. The Labute approximate surface area is 99.1 Å². The molecule has 0 spiro atoms. The number of hydrogen-bond donors (Lipinski definition) is 0. The average Bonchev–Trinajstić information content (AvgIpc) is 2.60. The van der Waals surface area contributed by atoms with Gasteiger partial charge in [-0.3, -0.25) is 4.79 Å². The van der Waals surface area contributed by atoms with Gasteiger partial charge in [0.15, 0.2) is 5.78 Å². The van der Waals surface area contributed by atoms with Crippen LogP contribution in [0.1, 0.15) is 26.5 Å². The van der Waals surface area contributed by atoms with Crippen LogP contribution in [0.5, 0.6) is 0 Å². The molecular formula is C13H13NOS. The minimum Gasteiger partial charge on any atom is -0.294 e. The van der Waals surface area contributed by atoms with E-state index in [-0.39, 0.29) is 5.78 Å². The minimum absolute atomic E-state index is 0.162. The molecule has 3 heteroatoms. The lowest BCUT2D eigenvalue weighted by molar-refractivity contribution is 0.0992. The summed E-state index contributed by atoms with van der Waals surface area (Å²) in [4.78, 5) is 13.1. The van der Waals surface area contributed by atoms with Crippen LogP contribution in [0.2, 0.25) is 0 Å². The fraction of sp³-hybridized carbons (Fsp3) is 0.231. The summed E-state index contributed by atoms with van der Waals surface area (Å²) in [6.45, 7) is 3.84. The van der Waals surface area contributed by atoms with E-state index < -0.39 is 0 Å². The molecule has 0 fully saturated rings. The summed E-state index contributed by atoms with van der Waals surface area (Å²) in [6.07, 6.45) is 0.459. The molecule has 0 atom stereocenters. The molecule has 0 bridgehead atoms. The molecule has 82 valence electrons. The lowest BCUT2D eigenvalue weighted by Gasteiger charge is -2.01. The van der Waals surface area contributed by atoms with Gasteiger partial charge < -0.3 is 0 Å². The monoisotopic (exact) mass is 231 g/mol. The van der Waals surface area contributed by atoms with Crippen LogP contribution in [0, 0.1) is 13.8 Å². The molecule has 0 saturated carbocycles. The van der Waals surface area contributed by atoms with Crippen molar-refractivity contribution in [3.63, 3.8) is 0 Å². The maximum Gasteiger partial charge on any atom is 0.170 e. The minimum atomic E-state index is 0.162. The van der Waals surface area contributed by atoms with Crippen LogP contribution < -0.4 is 0 Å². The first-order chi connectivity index (χ1) is 7.68. The maximum atomic E-state index is 12.1. The summed E-state index contributed by atoms with van der Waals surface area (Å²) in [7, 11) is 0. The van der Waals surface area contributed by atoms with E-state index in [0.29, 0.717) is 6.42 Å². The predicted octanol–water partition coefficient (Wildman–Crippen LogP) is 3.19.